The maximum atomic E-state index is 6.29. The molecule has 0 bridgehead atoms. The number of aryl methyl sites for hydroxylation is 1. The van der Waals surface area contributed by atoms with Gasteiger partial charge in [-0.25, -0.2) is 0 Å². The highest BCUT2D eigenvalue weighted by molar-refractivity contribution is 7.09. The molecule has 1 aromatic carbocycles. The number of benzene rings is 1. The second-order valence-electron chi connectivity index (χ2n) is 5.04. The summed E-state index contributed by atoms with van der Waals surface area (Å²) in [6, 6.07) is 14.7. The van der Waals surface area contributed by atoms with E-state index in [9.17, 15) is 0 Å². The minimum Gasteiger partial charge on any atom is -0.324 e. The normalized spacial score (nSPS) is 12.7. The number of rotatable bonds is 5. The van der Waals surface area contributed by atoms with Crippen molar-refractivity contribution in [2.24, 2.45) is 5.73 Å². The molecule has 0 saturated carbocycles. The van der Waals surface area contributed by atoms with Gasteiger partial charge < -0.3 is 5.73 Å². The summed E-state index contributed by atoms with van der Waals surface area (Å²) in [4.78, 5) is 5.92. The fourth-order valence-electron chi connectivity index (χ4n) is 2.41. The number of nitrogens with two attached hydrogens (primary N) is 1. The smallest absolute Gasteiger partial charge is 0.0702 e. The lowest BCUT2D eigenvalue weighted by atomic mass is 10.0. The van der Waals surface area contributed by atoms with Crippen LogP contribution in [-0.2, 0) is 6.42 Å². The summed E-state index contributed by atoms with van der Waals surface area (Å²) in [6.45, 7) is 0. The highest BCUT2D eigenvalue weighted by Gasteiger charge is 2.07. The Labute approximate surface area is 123 Å². The zero-order valence-corrected chi connectivity index (χ0v) is 12.1. The Morgan fingerprint density at radius 1 is 1.15 bits per heavy atom. The van der Waals surface area contributed by atoms with Crippen molar-refractivity contribution in [2.75, 3.05) is 0 Å². The average molecular weight is 282 g/mol. The summed E-state index contributed by atoms with van der Waals surface area (Å²) in [7, 11) is 0. The molecule has 2 N–H and O–H groups in total. The Morgan fingerprint density at radius 2 is 2.05 bits per heavy atom. The molecule has 20 heavy (non-hydrogen) atoms. The van der Waals surface area contributed by atoms with Crippen LogP contribution in [0.4, 0.5) is 0 Å². The zero-order chi connectivity index (χ0) is 13.8. The molecule has 0 aliphatic heterocycles. The summed E-state index contributed by atoms with van der Waals surface area (Å²) in [5.74, 6) is 0. The van der Waals surface area contributed by atoms with E-state index in [-0.39, 0.29) is 6.04 Å². The molecule has 102 valence electrons. The number of pyridine rings is 1. The second kappa shape index (κ2) is 6.16. The van der Waals surface area contributed by atoms with E-state index < -0.39 is 0 Å². The molecule has 0 spiro atoms. The number of hydrogen-bond acceptors (Lipinski definition) is 3. The first-order chi connectivity index (χ1) is 9.83. The molecule has 1 unspecified atom stereocenters. The van der Waals surface area contributed by atoms with Gasteiger partial charge >= 0.3 is 0 Å². The summed E-state index contributed by atoms with van der Waals surface area (Å²) < 4.78 is 0. The van der Waals surface area contributed by atoms with Crippen molar-refractivity contribution in [1.29, 1.82) is 0 Å². The number of fused-ring (bicyclic) bond motifs is 1. The van der Waals surface area contributed by atoms with Crippen LogP contribution in [0.15, 0.2) is 54.0 Å². The minimum absolute atomic E-state index is 0.0760. The van der Waals surface area contributed by atoms with Crippen LogP contribution in [-0.4, -0.2) is 4.98 Å². The van der Waals surface area contributed by atoms with Gasteiger partial charge in [0.15, 0.2) is 0 Å². The van der Waals surface area contributed by atoms with Crippen molar-refractivity contribution in [3.63, 3.8) is 0 Å². The monoisotopic (exact) mass is 282 g/mol. The van der Waals surface area contributed by atoms with E-state index in [0.29, 0.717) is 0 Å². The molecule has 1 atom stereocenters. The van der Waals surface area contributed by atoms with Gasteiger partial charge in [0, 0.05) is 22.5 Å². The molecule has 0 radical (unpaired) electrons. The quantitative estimate of drug-likeness (QED) is 0.757. The van der Waals surface area contributed by atoms with E-state index in [1.165, 1.54) is 10.3 Å². The maximum absolute atomic E-state index is 6.29. The van der Waals surface area contributed by atoms with Crippen molar-refractivity contribution in [3.05, 3.63) is 64.5 Å². The lowest BCUT2D eigenvalue weighted by Crippen LogP contribution is -2.10. The SMILES string of the molecule is NC(CCCc1cccs1)c1cnc2ccccc2c1. The van der Waals surface area contributed by atoms with E-state index in [1.807, 2.05) is 35.7 Å². The van der Waals surface area contributed by atoms with Crippen LogP contribution in [0.5, 0.6) is 0 Å². The van der Waals surface area contributed by atoms with E-state index in [2.05, 4.69) is 34.6 Å². The average Bonchev–Trinajstić information content (AvgIpc) is 3.00. The highest BCUT2D eigenvalue weighted by atomic mass is 32.1. The molecule has 0 amide bonds. The van der Waals surface area contributed by atoms with Crippen LogP contribution >= 0.6 is 11.3 Å². The second-order valence-corrected chi connectivity index (χ2v) is 6.07. The molecular weight excluding hydrogens is 264 g/mol. The van der Waals surface area contributed by atoms with Crippen LogP contribution in [0.3, 0.4) is 0 Å². The van der Waals surface area contributed by atoms with Crippen LogP contribution in [0.2, 0.25) is 0 Å². The molecule has 0 aliphatic carbocycles. The van der Waals surface area contributed by atoms with Crippen molar-refractivity contribution < 1.29 is 0 Å². The molecule has 0 aliphatic rings. The van der Waals surface area contributed by atoms with Crippen LogP contribution in [0.1, 0.15) is 29.3 Å². The summed E-state index contributed by atoms with van der Waals surface area (Å²) in [5.41, 5.74) is 8.45. The number of nitrogens with zero attached hydrogens (tertiary/aromatic N) is 1. The Hall–Kier alpha value is -1.71. The van der Waals surface area contributed by atoms with Gasteiger partial charge in [-0.3, -0.25) is 4.98 Å². The van der Waals surface area contributed by atoms with E-state index in [0.717, 1.165) is 30.3 Å². The van der Waals surface area contributed by atoms with Crippen LogP contribution in [0.25, 0.3) is 10.9 Å². The van der Waals surface area contributed by atoms with E-state index in [1.54, 1.807) is 0 Å². The molecule has 3 rings (SSSR count). The summed E-state index contributed by atoms with van der Waals surface area (Å²) in [6.07, 6.45) is 5.15. The molecule has 3 aromatic rings. The van der Waals surface area contributed by atoms with Gasteiger partial charge in [-0.2, -0.15) is 0 Å². The Kier molecular flexibility index (Phi) is 4.09. The summed E-state index contributed by atoms with van der Waals surface area (Å²) >= 11 is 1.82. The van der Waals surface area contributed by atoms with Gasteiger partial charge in [-0.15, -0.1) is 11.3 Å². The van der Waals surface area contributed by atoms with Gasteiger partial charge in [-0.1, -0.05) is 24.3 Å². The summed E-state index contributed by atoms with van der Waals surface area (Å²) in [5, 5.41) is 3.29. The Morgan fingerprint density at radius 3 is 2.90 bits per heavy atom. The van der Waals surface area contributed by atoms with E-state index in [4.69, 9.17) is 5.73 Å². The van der Waals surface area contributed by atoms with E-state index >= 15 is 0 Å². The lowest BCUT2D eigenvalue weighted by molar-refractivity contribution is 0.613. The minimum atomic E-state index is 0.0760. The van der Waals surface area contributed by atoms with Gasteiger partial charge in [0.2, 0.25) is 0 Å². The van der Waals surface area contributed by atoms with Crippen molar-refractivity contribution in [2.45, 2.75) is 25.3 Å². The molecule has 0 fully saturated rings. The third-order valence-corrected chi connectivity index (χ3v) is 4.49. The van der Waals surface area contributed by atoms with Gasteiger partial charge in [0.25, 0.3) is 0 Å². The van der Waals surface area contributed by atoms with Crippen LogP contribution in [0, 0.1) is 0 Å². The third kappa shape index (κ3) is 3.06. The zero-order valence-electron chi connectivity index (χ0n) is 11.3. The molecule has 3 heteroatoms. The number of thiophene rings is 1. The number of para-hydroxylation sites is 1. The van der Waals surface area contributed by atoms with Crippen molar-refractivity contribution >= 4 is 22.2 Å². The molecule has 2 nitrogen and oxygen atoms in total. The van der Waals surface area contributed by atoms with Crippen LogP contribution < -0.4 is 5.73 Å². The molecule has 2 heterocycles. The van der Waals surface area contributed by atoms with Crippen molar-refractivity contribution in [3.8, 4) is 0 Å². The number of aromatic nitrogens is 1. The van der Waals surface area contributed by atoms with Crippen molar-refractivity contribution in [1.82, 2.24) is 4.98 Å². The third-order valence-electron chi connectivity index (χ3n) is 3.56. The topological polar surface area (TPSA) is 38.9 Å². The Bertz CT molecular complexity index is 676. The first-order valence-corrected chi connectivity index (χ1v) is 7.83. The highest BCUT2D eigenvalue weighted by Crippen LogP contribution is 2.21. The maximum Gasteiger partial charge on any atom is 0.0702 e. The molecule has 2 aromatic heterocycles. The first-order valence-electron chi connectivity index (χ1n) is 6.95. The number of hydrogen-bond donors (Lipinski definition) is 1. The lowest BCUT2D eigenvalue weighted by Gasteiger charge is -2.12. The first kappa shape index (κ1) is 13.3. The van der Waals surface area contributed by atoms with Gasteiger partial charge in [-0.05, 0) is 48.4 Å². The largest absolute Gasteiger partial charge is 0.324 e. The van der Waals surface area contributed by atoms with Gasteiger partial charge in [0.05, 0.1) is 5.52 Å². The standard InChI is InChI=1S/C17H18N2S/c18-16(8-3-6-15-7-4-10-20-15)14-11-13-5-1-2-9-17(13)19-12-14/h1-2,4-5,7,9-12,16H,3,6,8,18H2. The predicted molar refractivity (Wildman–Crippen MR) is 85.9 cm³/mol. The molecular formula is C17H18N2S. The molecule has 0 saturated heterocycles. The predicted octanol–water partition coefficient (Wildman–Crippen LogP) is 4.32. The fourth-order valence-corrected chi connectivity index (χ4v) is 3.16. The fraction of sp³-hybridized carbons (Fsp3) is 0.235. The Balaban J connectivity index is 1.64. The van der Waals surface area contributed by atoms with Gasteiger partial charge in [0.1, 0.15) is 0 Å².